The average Bonchev–Trinajstić information content (AvgIpc) is 2.53. The van der Waals surface area contributed by atoms with E-state index in [0.29, 0.717) is 0 Å². The second-order valence-electron chi connectivity index (χ2n) is 3.80. The van der Waals surface area contributed by atoms with Crippen molar-refractivity contribution in [3.05, 3.63) is 0 Å². The largest absolute Gasteiger partial charge is 0.368 e. The van der Waals surface area contributed by atoms with Gasteiger partial charge in [0, 0.05) is 0 Å². The van der Waals surface area contributed by atoms with Crippen molar-refractivity contribution in [2.24, 2.45) is 5.73 Å². The number of nitrogens with two attached hydrogens (primary N) is 1. The van der Waals surface area contributed by atoms with E-state index in [1.807, 2.05) is 0 Å². The first-order valence-corrected chi connectivity index (χ1v) is 5.29. The molecule has 0 spiro atoms. The SMILES string of the molecule is CCCCCN1CCCC1C(N)=O. The third-order valence-electron chi connectivity index (χ3n) is 2.74. The van der Waals surface area contributed by atoms with Gasteiger partial charge in [-0.3, -0.25) is 9.69 Å². The number of amides is 1. The lowest BCUT2D eigenvalue weighted by molar-refractivity contribution is -0.122. The molecule has 0 aliphatic carbocycles. The molecule has 76 valence electrons. The summed E-state index contributed by atoms with van der Waals surface area (Å²) < 4.78 is 0. The molecule has 0 radical (unpaired) electrons. The van der Waals surface area contributed by atoms with E-state index in [1.54, 1.807) is 0 Å². The molecule has 3 nitrogen and oxygen atoms in total. The number of unbranched alkanes of at least 4 members (excludes halogenated alkanes) is 2. The van der Waals surface area contributed by atoms with Gasteiger partial charge >= 0.3 is 0 Å². The smallest absolute Gasteiger partial charge is 0.234 e. The quantitative estimate of drug-likeness (QED) is 0.651. The van der Waals surface area contributed by atoms with Crippen LogP contribution in [0.3, 0.4) is 0 Å². The number of hydrogen-bond donors (Lipinski definition) is 1. The summed E-state index contributed by atoms with van der Waals surface area (Å²) in [6, 6.07) is 0.0249. The van der Waals surface area contributed by atoms with Gasteiger partial charge in [0.15, 0.2) is 0 Å². The van der Waals surface area contributed by atoms with Crippen LogP contribution in [0.1, 0.15) is 39.0 Å². The number of likely N-dealkylation sites (tertiary alicyclic amines) is 1. The molecule has 0 aromatic carbocycles. The monoisotopic (exact) mass is 184 g/mol. The standard InChI is InChI=1S/C10H20N2O/c1-2-3-4-7-12-8-5-6-9(12)10(11)13/h9H,2-8H2,1H3,(H2,11,13). The molecule has 3 heteroatoms. The molecule has 0 aromatic rings. The van der Waals surface area contributed by atoms with Crippen LogP contribution in [0, 0.1) is 0 Å². The fraction of sp³-hybridized carbons (Fsp3) is 0.900. The van der Waals surface area contributed by atoms with Crippen LogP contribution >= 0.6 is 0 Å². The minimum Gasteiger partial charge on any atom is -0.368 e. The summed E-state index contributed by atoms with van der Waals surface area (Å²) in [6.07, 6.45) is 5.76. The first kappa shape index (κ1) is 10.5. The van der Waals surface area contributed by atoms with E-state index < -0.39 is 0 Å². The molecule has 1 amide bonds. The van der Waals surface area contributed by atoms with Crippen LogP contribution in [0.25, 0.3) is 0 Å². The highest BCUT2D eigenvalue weighted by Gasteiger charge is 2.27. The van der Waals surface area contributed by atoms with Crippen LogP contribution < -0.4 is 5.73 Å². The van der Waals surface area contributed by atoms with Crippen molar-refractivity contribution in [2.45, 2.75) is 45.1 Å². The Hall–Kier alpha value is -0.570. The lowest BCUT2D eigenvalue weighted by Gasteiger charge is -2.21. The predicted octanol–water partition coefficient (Wildman–Crippen LogP) is 1.13. The molecule has 1 rings (SSSR count). The van der Waals surface area contributed by atoms with E-state index >= 15 is 0 Å². The van der Waals surface area contributed by atoms with Crippen molar-refractivity contribution in [1.82, 2.24) is 4.90 Å². The first-order chi connectivity index (χ1) is 6.25. The van der Waals surface area contributed by atoms with Crippen molar-refractivity contribution >= 4 is 5.91 Å². The molecule has 2 N–H and O–H groups in total. The molecular weight excluding hydrogens is 164 g/mol. The molecule has 1 atom stereocenters. The molecule has 1 unspecified atom stereocenters. The van der Waals surface area contributed by atoms with Gasteiger partial charge in [0.2, 0.25) is 5.91 Å². The summed E-state index contributed by atoms with van der Waals surface area (Å²) in [5, 5.41) is 0. The van der Waals surface area contributed by atoms with Crippen LogP contribution in [0.4, 0.5) is 0 Å². The predicted molar refractivity (Wildman–Crippen MR) is 53.3 cm³/mol. The van der Waals surface area contributed by atoms with Crippen molar-refractivity contribution in [2.75, 3.05) is 13.1 Å². The lowest BCUT2D eigenvalue weighted by atomic mass is 10.2. The summed E-state index contributed by atoms with van der Waals surface area (Å²) in [5.74, 6) is -0.144. The van der Waals surface area contributed by atoms with Gasteiger partial charge in [-0.2, -0.15) is 0 Å². The van der Waals surface area contributed by atoms with Gasteiger partial charge in [0.05, 0.1) is 6.04 Å². The van der Waals surface area contributed by atoms with Gasteiger partial charge in [-0.1, -0.05) is 19.8 Å². The molecule has 1 aliphatic heterocycles. The maximum atomic E-state index is 11.0. The van der Waals surface area contributed by atoms with Crippen LogP contribution in [-0.2, 0) is 4.79 Å². The molecule has 0 aromatic heterocycles. The number of carbonyl (C=O) groups excluding carboxylic acids is 1. The van der Waals surface area contributed by atoms with Gasteiger partial charge in [0.1, 0.15) is 0 Å². The zero-order valence-electron chi connectivity index (χ0n) is 8.46. The maximum absolute atomic E-state index is 11.0. The summed E-state index contributed by atoms with van der Waals surface area (Å²) >= 11 is 0. The highest BCUT2D eigenvalue weighted by Crippen LogP contribution is 2.17. The van der Waals surface area contributed by atoms with Crippen LogP contribution in [-0.4, -0.2) is 29.9 Å². The molecule has 1 saturated heterocycles. The molecule has 1 fully saturated rings. The van der Waals surface area contributed by atoms with E-state index in [1.165, 1.54) is 19.3 Å². The van der Waals surface area contributed by atoms with E-state index in [9.17, 15) is 4.79 Å². The average molecular weight is 184 g/mol. The van der Waals surface area contributed by atoms with Crippen molar-refractivity contribution in [3.8, 4) is 0 Å². The summed E-state index contributed by atoms with van der Waals surface area (Å²) in [5.41, 5.74) is 5.31. The second-order valence-corrected chi connectivity index (χ2v) is 3.80. The Labute approximate surface area is 80.3 Å². The molecule has 0 saturated carbocycles. The summed E-state index contributed by atoms with van der Waals surface area (Å²) in [6.45, 7) is 4.29. The number of carbonyl (C=O) groups is 1. The molecule has 13 heavy (non-hydrogen) atoms. The van der Waals surface area contributed by atoms with E-state index in [-0.39, 0.29) is 11.9 Å². The molecule has 1 heterocycles. The summed E-state index contributed by atoms with van der Waals surface area (Å²) in [7, 11) is 0. The van der Waals surface area contributed by atoms with Crippen LogP contribution in [0.5, 0.6) is 0 Å². The highest BCUT2D eigenvalue weighted by atomic mass is 16.1. The minimum absolute atomic E-state index is 0.0249. The third kappa shape index (κ3) is 2.99. The molecule has 1 aliphatic rings. The van der Waals surface area contributed by atoms with E-state index in [0.717, 1.165) is 25.9 Å². The third-order valence-corrected chi connectivity index (χ3v) is 2.74. The van der Waals surface area contributed by atoms with Gasteiger partial charge in [-0.05, 0) is 32.4 Å². The Morgan fingerprint density at radius 1 is 1.54 bits per heavy atom. The molecular formula is C10H20N2O. The Balaban J connectivity index is 2.27. The minimum atomic E-state index is -0.144. The fourth-order valence-corrected chi connectivity index (χ4v) is 1.98. The Morgan fingerprint density at radius 3 is 2.92 bits per heavy atom. The van der Waals surface area contributed by atoms with Crippen molar-refractivity contribution in [1.29, 1.82) is 0 Å². The first-order valence-electron chi connectivity index (χ1n) is 5.29. The number of hydrogen-bond acceptors (Lipinski definition) is 2. The Morgan fingerprint density at radius 2 is 2.31 bits per heavy atom. The topological polar surface area (TPSA) is 46.3 Å². The van der Waals surface area contributed by atoms with E-state index in [4.69, 9.17) is 5.73 Å². The molecule has 0 bridgehead atoms. The fourth-order valence-electron chi connectivity index (χ4n) is 1.98. The van der Waals surface area contributed by atoms with Crippen molar-refractivity contribution < 1.29 is 4.79 Å². The second kappa shape index (κ2) is 5.22. The highest BCUT2D eigenvalue weighted by molar-refractivity contribution is 5.80. The van der Waals surface area contributed by atoms with E-state index in [2.05, 4.69) is 11.8 Å². The number of rotatable bonds is 5. The van der Waals surface area contributed by atoms with Crippen molar-refractivity contribution in [3.63, 3.8) is 0 Å². The zero-order chi connectivity index (χ0) is 9.68. The Kier molecular flexibility index (Phi) is 4.22. The Bertz CT molecular complexity index is 170. The van der Waals surface area contributed by atoms with Gasteiger partial charge in [-0.15, -0.1) is 0 Å². The van der Waals surface area contributed by atoms with Gasteiger partial charge in [-0.25, -0.2) is 0 Å². The zero-order valence-corrected chi connectivity index (χ0v) is 8.46. The maximum Gasteiger partial charge on any atom is 0.234 e. The van der Waals surface area contributed by atoms with Crippen LogP contribution in [0.15, 0.2) is 0 Å². The number of nitrogens with zero attached hydrogens (tertiary/aromatic N) is 1. The normalized spacial score (nSPS) is 23.6. The lowest BCUT2D eigenvalue weighted by Crippen LogP contribution is -2.40. The van der Waals surface area contributed by atoms with Crippen LogP contribution in [0.2, 0.25) is 0 Å². The van der Waals surface area contributed by atoms with Gasteiger partial charge in [0.25, 0.3) is 0 Å². The number of primary amides is 1. The van der Waals surface area contributed by atoms with Gasteiger partial charge < -0.3 is 5.73 Å². The summed E-state index contributed by atoms with van der Waals surface area (Å²) in [4.78, 5) is 13.3.